The summed E-state index contributed by atoms with van der Waals surface area (Å²) in [5.41, 5.74) is 5.71. The van der Waals surface area contributed by atoms with Gasteiger partial charge in [-0.2, -0.15) is 10.2 Å². The van der Waals surface area contributed by atoms with Crippen molar-refractivity contribution >= 4 is 45.7 Å². The zero-order valence-corrected chi connectivity index (χ0v) is 12.8. The first-order valence-electron chi connectivity index (χ1n) is 6.21. The summed E-state index contributed by atoms with van der Waals surface area (Å²) in [7, 11) is 0. The van der Waals surface area contributed by atoms with Gasteiger partial charge in [-0.1, -0.05) is 30.3 Å². The van der Waals surface area contributed by atoms with Crippen LogP contribution in [-0.2, 0) is 9.59 Å². The zero-order chi connectivity index (χ0) is 15.2. The first-order chi connectivity index (χ1) is 10.1. The molecular weight excluding hydrogens is 336 g/mol. The molecule has 1 aromatic carbocycles. The average Bonchev–Trinajstić information content (AvgIpc) is 2.80. The Morgan fingerprint density at radius 1 is 1.43 bits per heavy atom. The van der Waals surface area contributed by atoms with Crippen LogP contribution in [0.15, 0.2) is 45.0 Å². The summed E-state index contributed by atoms with van der Waals surface area (Å²) in [5, 5.41) is 7.48. The fourth-order valence-corrected chi connectivity index (χ4v) is 2.00. The summed E-state index contributed by atoms with van der Waals surface area (Å²) in [6, 6.07) is 9.67. The van der Waals surface area contributed by atoms with Crippen LogP contribution in [0.25, 0.3) is 6.08 Å². The molecule has 108 valence electrons. The van der Waals surface area contributed by atoms with Gasteiger partial charge in [-0.3, -0.25) is 9.59 Å². The van der Waals surface area contributed by atoms with Gasteiger partial charge in [0.25, 0.3) is 5.91 Å². The maximum absolute atomic E-state index is 11.8. The molecule has 1 aliphatic rings. The smallest absolute Gasteiger partial charge is 0.272 e. The molecule has 2 amide bonds. The van der Waals surface area contributed by atoms with Crippen molar-refractivity contribution in [3.05, 3.63) is 40.4 Å². The molecule has 21 heavy (non-hydrogen) atoms. The van der Waals surface area contributed by atoms with E-state index in [1.807, 2.05) is 36.4 Å². The second-order valence-electron chi connectivity index (χ2n) is 4.33. The van der Waals surface area contributed by atoms with Crippen LogP contribution in [0.4, 0.5) is 0 Å². The van der Waals surface area contributed by atoms with Gasteiger partial charge in [-0.05, 0) is 34.5 Å². The van der Waals surface area contributed by atoms with E-state index in [0.717, 1.165) is 5.56 Å². The Labute approximate surface area is 130 Å². The molecule has 0 fully saturated rings. The third-order valence-corrected chi connectivity index (χ3v) is 3.21. The predicted molar refractivity (Wildman–Crippen MR) is 84.7 cm³/mol. The van der Waals surface area contributed by atoms with E-state index >= 15 is 0 Å². The van der Waals surface area contributed by atoms with Gasteiger partial charge in [0.15, 0.2) is 0 Å². The van der Waals surface area contributed by atoms with E-state index in [0.29, 0.717) is 4.48 Å². The molecule has 1 aliphatic heterocycles. The molecular formula is C14H13BrN4O2. The lowest BCUT2D eigenvalue weighted by atomic mass is 10.1. The van der Waals surface area contributed by atoms with Crippen molar-refractivity contribution in [2.24, 2.45) is 16.1 Å². The normalized spacial score (nSPS) is 18.6. The van der Waals surface area contributed by atoms with Crippen LogP contribution >= 0.6 is 15.9 Å². The van der Waals surface area contributed by atoms with Crippen molar-refractivity contribution in [3.8, 4) is 0 Å². The van der Waals surface area contributed by atoms with Crippen LogP contribution in [0.3, 0.4) is 0 Å². The maximum Gasteiger partial charge on any atom is 0.288 e. The summed E-state index contributed by atoms with van der Waals surface area (Å²) in [4.78, 5) is 23.0. The minimum Gasteiger partial charge on any atom is -0.272 e. The van der Waals surface area contributed by atoms with Crippen LogP contribution in [0, 0.1) is 5.92 Å². The standard InChI is InChI=1S/C14H13BrN4O2/c1-9-12(17-19-13(9)20)14(21)18-16-8-11(15)7-10-5-3-2-4-6-10/h2-9H,1H3,(H,18,21)(H,19,20)/b11-7-,16-8+/t9-/m1/s1. The third kappa shape index (κ3) is 4.09. The largest absolute Gasteiger partial charge is 0.288 e. The Morgan fingerprint density at radius 2 is 2.14 bits per heavy atom. The Hall–Kier alpha value is -2.28. The van der Waals surface area contributed by atoms with Gasteiger partial charge < -0.3 is 0 Å². The molecule has 0 aliphatic carbocycles. The second kappa shape index (κ2) is 6.94. The number of benzene rings is 1. The minimum atomic E-state index is -0.566. The number of amides is 2. The minimum absolute atomic E-state index is 0.125. The van der Waals surface area contributed by atoms with E-state index < -0.39 is 11.8 Å². The fraction of sp³-hybridized carbons (Fsp3) is 0.143. The summed E-state index contributed by atoms with van der Waals surface area (Å²) >= 11 is 3.33. The Kier molecular flexibility index (Phi) is 4.99. The topological polar surface area (TPSA) is 82.9 Å². The van der Waals surface area contributed by atoms with E-state index in [1.165, 1.54) is 6.21 Å². The lowest BCUT2D eigenvalue weighted by Gasteiger charge is -2.01. The average molecular weight is 349 g/mol. The molecule has 0 saturated carbocycles. The van der Waals surface area contributed by atoms with Crippen molar-refractivity contribution in [1.29, 1.82) is 0 Å². The highest BCUT2D eigenvalue weighted by atomic mass is 79.9. The quantitative estimate of drug-likeness (QED) is 0.640. The molecule has 0 radical (unpaired) electrons. The Bertz CT molecular complexity index is 638. The SMILES string of the molecule is C[C@H]1C(=O)NN=C1C(=O)N/N=C/C(Br)=C/c1ccccc1. The number of carbonyl (C=O) groups is 2. The summed E-state index contributed by atoms with van der Waals surface area (Å²) in [6.45, 7) is 1.61. The molecule has 0 bridgehead atoms. The van der Waals surface area contributed by atoms with Crippen LogP contribution in [0.1, 0.15) is 12.5 Å². The van der Waals surface area contributed by atoms with Crippen molar-refractivity contribution in [2.45, 2.75) is 6.92 Å². The lowest BCUT2D eigenvalue weighted by molar-refractivity contribution is -0.122. The number of allylic oxidation sites excluding steroid dienone is 1. The van der Waals surface area contributed by atoms with Crippen LogP contribution in [-0.4, -0.2) is 23.7 Å². The fourth-order valence-electron chi connectivity index (χ4n) is 1.64. The van der Waals surface area contributed by atoms with Gasteiger partial charge in [-0.25, -0.2) is 10.9 Å². The zero-order valence-electron chi connectivity index (χ0n) is 11.2. The molecule has 0 spiro atoms. The van der Waals surface area contributed by atoms with Gasteiger partial charge in [-0.15, -0.1) is 0 Å². The predicted octanol–water partition coefficient (Wildman–Crippen LogP) is 1.65. The molecule has 6 nitrogen and oxygen atoms in total. The molecule has 0 saturated heterocycles. The first kappa shape index (κ1) is 15.1. The maximum atomic E-state index is 11.8. The molecule has 1 atom stereocenters. The monoisotopic (exact) mass is 348 g/mol. The van der Waals surface area contributed by atoms with Gasteiger partial charge in [0.2, 0.25) is 5.91 Å². The van der Waals surface area contributed by atoms with Crippen LogP contribution in [0.2, 0.25) is 0 Å². The summed E-state index contributed by atoms with van der Waals surface area (Å²) in [5.74, 6) is -1.37. The molecule has 2 N–H and O–H groups in total. The number of halogens is 1. The number of carbonyl (C=O) groups excluding carboxylic acids is 2. The van der Waals surface area contributed by atoms with Crippen molar-refractivity contribution in [1.82, 2.24) is 10.9 Å². The number of nitrogens with one attached hydrogen (secondary N) is 2. The molecule has 1 aromatic rings. The first-order valence-corrected chi connectivity index (χ1v) is 7.00. The van der Waals surface area contributed by atoms with Crippen molar-refractivity contribution in [3.63, 3.8) is 0 Å². The van der Waals surface area contributed by atoms with Crippen LogP contribution < -0.4 is 10.9 Å². The van der Waals surface area contributed by atoms with E-state index in [2.05, 4.69) is 37.0 Å². The second-order valence-corrected chi connectivity index (χ2v) is 5.25. The number of hydrogen-bond acceptors (Lipinski definition) is 4. The molecule has 0 aromatic heterocycles. The third-order valence-electron chi connectivity index (χ3n) is 2.78. The van der Waals surface area contributed by atoms with Crippen molar-refractivity contribution < 1.29 is 9.59 Å². The summed E-state index contributed by atoms with van der Waals surface area (Å²) < 4.78 is 0.699. The van der Waals surface area contributed by atoms with E-state index in [-0.39, 0.29) is 11.6 Å². The van der Waals surface area contributed by atoms with Gasteiger partial charge >= 0.3 is 0 Å². The Balaban J connectivity index is 1.92. The molecule has 7 heteroatoms. The number of hydrogen-bond donors (Lipinski definition) is 2. The van der Waals surface area contributed by atoms with Gasteiger partial charge in [0.1, 0.15) is 5.71 Å². The highest BCUT2D eigenvalue weighted by Crippen LogP contribution is 2.10. The van der Waals surface area contributed by atoms with Crippen molar-refractivity contribution in [2.75, 3.05) is 0 Å². The molecule has 2 rings (SSSR count). The van der Waals surface area contributed by atoms with Gasteiger partial charge in [0.05, 0.1) is 12.1 Å². The molecule has 1 heterocycles. The summed E-state index contributed by atoms with van der Waals surface area (Å²) in [6.07, 6.45) is 3.32. The highest BCUT2D eigenvalue weighted by molar-refractivity contribution is 9.12. The van der Waals surface area contributed by atoms with Gasteiger partial charge in [0, 0.05) is 4.48 Å². The molecule has 0 unspecified atom stereocenters. The number of nitrogens with zero attached hydrogens (tertiary/aromatic N) is 2. The number of rotatable bonds is 4. The number of hydrazone groups is 2. The lowest BCUT2D eigenvalue weighted by Crippen LogP contribution is -2.32. The highest BCUT2D eigenvalue weighted by Gasteiger charge is 2.30. The van der Waals surface area contributed by atoms with E-state index in [1.54, 1.807) is 6.92 Å². The van der Waals surface area contributed by atoms with E-state index in [9.17, 15) is 9.59 Å². The Morgan fingerprint density at radius 3 is 2.76 bits per heavy atom. The van der Waals surface area contributed by atoms with E-state index in [4.69, 9.17) is 0 Å². The van der Waals surface area contributed by atoms with Crippen LogP contribution in [0.5, 0.6) is 0 Å².